The van der Waals surface area contributed by atoms with Gasteiger partial charge in [-0.1, -0.05) is 17.7 Å². The number of anilines is 2. The SMILES string of the molecule is CN(Cc1ccsc1)c1c(N)cccc1Cl. The fourth-order valence-electron chi connectivity index (χ4n) is 1.67. The summed E-state index contributed by atoms with van der Waals surface area (Å²) in [5.41, 5.74) is 8.81. The van der Waals surface area contributed by atoms with Gasteiger partial charge in [-0.3, -0.25) is 0 Å². The van der Waals surface area contributed by atoms with Crippen LogP contribution in [0.25, 0.3) is 0 Å². The van der Waals surface area contributed by atoms with E-state index in [9.17, 15) is 0 Å². The Kier molecular flexibility index (Phi) is 3.36. The standard InChI is InChI=1S/C12H13ClN2S/c1-15(7-9-5-6-16-8-9)12-10(13)3-2-4-11(12)14/h2-6,8H,7,14H2,1H3. The lowest BCUT2D eigenvalue weighted by atomic mass is 10.2. The van der Waals surface area contributed by atoms with E-state index in [1.807, 2.05) is 25.2 Å². The number of hydrogen-bond donors (Lipinski definition) is 1. The predicted octanol–water partition coefficient (Wildman–Crippen LogP) is 3.62. The summed E-state index contributed by atoms with van der Waals surface area (Å²) in [6.45, 7) is 0.817. The molecule has 0 atom stereocenters. The molecule has 84 valence electrons. The number of hydrogen-bond acceptors (Lipinski definition) is 3. The maximum absolute atomic E-state index is 6.15. The zero-order valence-corrected chi connectivity index (χ0v) is 10.6. The van der Waals surface area contributed by atoms with Crippen LogP contribution in [0, 0.1) is 0 Å². The van der Waals surface area contributed by atoms with E-state index in [1.165, 1.54) is 5.56 Å². The second kappa shape index (κ2) is 4.76. The van der Waals surface area contributed by atoms with Gasteiger partial charge in [-0.15, -0.1) is 0 Å². The Morgan fingerprint density at radius 1 is 1.38 bits per heavy atom. The van der Waals surface area contributed by atoms with Crippen molar-refractivity contribution in [3.05, 3.63) is 45.6 Å². The van der Waals surface area contributed by atoms with Crippen LogP contribution in [0.4, 0.5) is 11.4 Å². The van der Waals surface area contributed by atoms with Crippen molar-refractivity contribution < 1.29 is 0 Å². The Hall–Kier alpha value is -1.19. The highest BCUT2D eigenvalue weighted by molar-refractivity contribution is 7.07. The van der Waals surface area contributed by atoms with Crippen LogP contribution in [0.5, 0.6) is 0 Å². The van der Waals surface area contributed by atoms with E-state index in [1.54, 1.807) is 11.3 Å². The minimum absolute atomic E-state index is 0.692. The third-order valence-corrected chi connectivity index (χ3v) is 3.44. The number of thiophene rings is 1. The van der Waals surface area contributed by atoms with Crippen LogP contribution in [-0.2, 0) is 6.54 Å². The van der Waals surface area contributed by atoms with Gasteiger partial charge in [0.05, 0.1) is 16.4 Å². The molecule has 0 amide bonds. The number of para-hydroxylation sites is 1. The minimum Gasteiger partial charge on any atom is -0.397 e. The Morgan fingerprint density at radius 3 is 2.81 bits per heavy atom. The summed E-state index contributed by atoms with van der Waals surface area (Å²) < 4.78 is 0. The first kappa shape index (κ1) is 11.3. The highest BCUT2D eigenvalue weighted by Gasteiger charge is 2.10. The van der Waals surface area contributed by atoms with Crippen molar-refractivity contribution >= 4 is 34.3 Å². The molecule has 2 rings (SSSR count). The van der Waals surface area contributed by atoms with Gasteiger partial charge in [0.1, 0.15) is 0 Å². The van der Waals surface area contributed by atoms with Crippen molar-refractivity contribution in [2.75, 3.05) is 17.7 Å². The lowest BCUT2D eigenvalue weighted by molar-refractivity contribution is 0.929. The summed E-state index contributed by atoms with van der Waals surface area (Å²) in [5, 5.41) is 4.89. The lowest BCUT2D eigenvalue weighted by Crippen LogP contribution is -2.17. The molecule has 1 heterocycles. The molecule has 1 aromatic carbocycles. The monoisotopic (exact) mass is 252 g/mol. The summed E-state index contributed by atoms with van der Waals surface area (Å²) in [7, 11) is 2.00. The van der Waals surface area contributed by atoms with E-state index in [2.05, 4.69) is 21.7 Å². The quantitative estimate of drug-likeness (QED) is 0.846. The topological polar surface area (TPSA) is 29.3 Å². The molecule has 0 bridgehead atoms. The molecule has 2 N–H and O–H groups in total. The molecule has 2 aromatic rings. The molecular formula is C12H13ClN2S. The summed E-state index contributed by atoms with van der Waals surface area (Å²) in [6, 6.07) is 7.69. The predicted molar refractivity (Wildman–Crippen MR) is 72.3 cm³/mol. The van der Waals surface area contributed by atoms with Gasteiger partial charge in [-0.2, -0.15) is 11.3 Å². The molecule has 2 nitrogen and oxygen atoms in total. The fourth-order valence-corrected chi connectivity index (χ4v) is 2.66. The molecule has 0 unspecified atom stereocenters. The van der Waals surface area contributed by atoms with E-state index in [0.29, 0.717) is 10.7 Å². The van der Waals surface area contributed by atoms with Gasteiger partial charge in [0.15, 0.2) is 0 Å². The second-order valence-electron chi connectivity index (χ2n) is 3.67. The van der Waals surface area contributed by atoms with Gasteiger partial charge >= 0.3 is 0 Å². The van der Waals surface area contributed by atoms with Crippen molar-refractivity contribution in [3.63, 3.8) is 0 Å². The van der Waals surface area contributed by atoms with Crippen molar-refractivity contribution in [2.45, 2.75) is 6.54 Å². The van der Waals surface area contributed by atoms with Gasteiger partial charge in [-0.25, -0.2) is 0 Å². The first-order valence-corrected chi connectivity index (χ1v) is 6.27. The van der Waals surface area contributed by atoms with E-state index in [4.69, 9.17) is 17.3 Å². The normalized spacial score (nSPS) is 10.4. The molecular weight excluding hydrogens is 240 g/mol. The summed E-state index contributed by atoms with van der Waals surface area (Å²) in [5.74, 6) is 0. The fraction of sp³-hybridized carbons (Fsp3) is 0.167. The van der Waals surface area contributed by atoms with Gasteiger partial charge in [0, 0.05) is 13.6 Å². The number of rotatable bonds is 3. The molecule has 16 heavy (non-hydrogen) atoms. The van der Waals surface area contributed by atoms with Crippen LogP contribution < -0.4 is 10.6 Å². The van der Waals surface area contributed by atoms with Crippen molar-refractivity contribution in [3.8, 4) is 0 Å². The molecule has 0 radical (unpaired) electrons. The molecule has 1 aromatic heterocycles. The van der Waals surface area contributed by atoms with Crippen LogP contribution in [-0.4, -0.2) is 7.05 Å². The first-order chi connectivity index (χ1) is 7.68. The highest BCUT2D eigenvalue weighted by Crippen LogP contribution is 2.31. The van der Waals surface area contributed by atoms with Crippen molar-refractivity contribution in [2.24, 2.45) is 0 Å². The number of halogens is 1. The maximum Gasteiger partial charge on any atom is 0.0789 e. The first-order valence-electron chi connectivity index (χ1n) is 4.94. The van der Waals surface area contributed by atoms with Gasteiger partial charge in [-0.05, 0) is 34.5 Å². The van der Waals surface area contributed by atoms with Crippen LogP contribution in [0.3, 0.4) is 0 Å². The zero-order chi connectivity index (χ0) is 11.5. The molecule has 0 saturated heterocycles. The Balaban J connectivity index is 2.24. The smallest absolute Gasteiger partial charge is 0.0789 e. The molecule has 0 aliphatic carbocycles. The largest absolute Gasteiger partial charge is 0.397 e. The van der Waals surface area contributed by atoms with Gasteiger partial charge < -0.3 is 10.6 Å². The molecule has 0 saturated carbocycles. The summed E-state index contributed by atoms with van der Waals surface area (Å²) in [4.78, 5) is 2.07. The molecule has 0 aliphatic rings. The van der Waals surface area contributed by atoms with E-state index >= 15 is 0 Å². The molecule has 0 spiro atoms. The van der Waals surface area contributed by atoms with Crippen LogP contribution in [0.2, 0.25) is 5.02 Å². The molecule has 0 aliphatic heterocycles. The molecule has 4 heteroatoms. The number of nitrogens with zero attached hydrogens (tertiary/aromatic N) is 1. The number of nitrogen functional groups attached to an aromatic ring is 1. The zero-order valence-electron chi connectivity index (χ0n) is 8.98. The van der Waals surface area contributed by atoms with Crippen LogP contribution in [0.1, 0.15) is 5.56 Å². The third kappa shape index (κ3) is 2.31. The van der Waals surface area contributed by atoms with Crippen LogP contribution >= 0.6 is 22.9 Å². The lowest BCUT2D eigenvalue weighted by Gasteiger charge is -2.21. The average molecular weight is 253 g/mol. The van der Waals surface area contributed by atoms with Crippen molar-refractivity contribution in [1.82, 2.24) is 0 Å². The number of benzene rings is 1. The van der Waals surface area contributed by atoms with Gasteiger partial charge in [0.2, 0.25) is 0 Å². The summed E-state index contributed by atoms with van der Waals surface area (Å²) in [6.07, 6.45) is 0. The second-order valence-corrected chi connectivity index (χ2v) is 4.85. The number of nitrogens with two attached hydrogens (primary N) is 1. The van der Waals surface area contributed by atoms with E-state index in [0.717, 1.165) is 12.2 Å². The average Bonchev–Trinajstić information content (AvgIpc) is 2.70. The maximum atomic E-state index is 6.15. The highest BCUT2D eigenvalue weighted by atomic mass is 35.5. The summed E-state index contributed by atoms with van der Waals surface area (Å²) >= 11 is 7.84. The Labute approximate surface area is 104 Å². The third-order valence-electron chi connectivity index (χ3n) is 2.40. The Morgan fingerprint density at radius 2 is 2.19 bits per heavy atom. The molecule has 0 fully saturated rings. The van der Waals surface area contributed by atoms with E-state index in [-0.39, 0.29) is 0 Å². The van der Waals surface area contributed by atoms with E-state index < -0.39 is 0 Å². The van der Waals surface area contributed by atoms with Crippen molar-refractivity contribution in [1.29, 1.82) is 0 Å². The van der Waals surface area contributed by atoms with Crippen LogP contribution in [0.15, 0.2) is 35.0 Å². The minimum atomic E-state index is 0.692. The Bertz CT molecular complexity index is 448. The van der Waals surface area contributed by atoms with Gasteiger partial charge in [0.25, 0.3) is 0 Å².